The summed E-state index contributed by atoms with van der Waals surface area (Å²) < 4.78 is 31.4. The number of hydrazine groups is 1. The summed E-state index contributed by atoms with van der Waals surface area (Å²) in [5.74, 6) is 0.246. The number of sulfonamides is 1. The molecular formula is C17H18N4O4S2. The summed E-state index contributed by atoms with van der Waals surface area (Å²) in [4.78, 5) is 16.8. The van der Waals surface area contributed by atoms with E-state index in [1.165, 1.54) is 49.7 Å². The van der Waals surface area contributed by atoms with Crippen molar-refractivity contribution in [3.63, 3.8) is 0 Å². The fraction of sp³-hybridized carbons (Fsp3) is 0.176. The Labute approximate surface area is 160 Å². The summed E-state index contributed by atoms with van der Waals surface area (Å²) in [6, 6.07) is 11.3. The number of para-hydroxylation sites is 1. The number of hydrogen-bond donors (Lipinski definition) is 2. The van der Waals surface area contributed by atoms with Gasteiger partial charge in [0.05, 0.1) is 16.7 Å². The molecule has 27 heavy (non-hydrogen) atoms. The van der Waals surface area contributed by atoms with Crippen LogP contribution in [0.15, 0.2) is 47.4 Å². The number of aromatic nitrogens is 1. The molecule has 10 heteroatoms. The highest BCUT2D eigenvalue weighted by molar-refractivity contribution is 7.89. The lowest BCUT2D eigenvalue weighted by atomic mass is 10.2. The van der Waals surface area contributed by atoms with E-state index >= 15 is 0 Å². The molecule has 1 amide bonds. The predicted octanol–water partition coefficient (Wildman–Crippen LogP) is 2.31. The molecule has 2 aromatic carbocycles. The van der Waals surface area contributed by atoms with E-state index in [4.69, 9.17) is 4.74 Å². The van der Waals surface area contributed by atoms with Gasteiger partial charge in [0.15, 0.2) is 0 Å². The second-order valence-corrected chi connectivity index (χ2v) is 8.90. The maximum Gasteiger partial charge on any atom is 0.269 e. The van der Waals surface area contributed by atoms with Crippen LogP contribution in [0.3, 0.4) is 0 Å². The Kier molecular flexibility index (Phi) is 5.31. The molecule has 0 saturated carbocycles. The lowest BCUT2D eigenvalue weighted by Gasteiger charge is -2.11. The van der Waals surface area contributed by atoms with Gasteiger partial charge in [0.1, 0.15) is 11.3 Å². The number of ether oxygens (including phenoxy) is 1. The second kappa shape index (κ2) is 7.51. The Hall–Kier alpha value is -2.69. The molecule has 3 aromatic rings. The zero-order valence-electron chi connectivity index (χ0n) is 14.9. The van der Waals surface area contributed by atoms with Crippen molar-refractivity contribution in [1.82, 2.24) is 14.7 Å². The minimum absolute atomic E-state index is 0.121. The molecule has 0 unspecified atom stereocenters. The predicted molar refractivity (Wildman–Crippen MR) is 105 cm³/mol. The van der Waals surface area contributed by atoms with Crippen molar-refractivity contribution in [2.45, 2.75) is 4.90 Å². The first-order valence-corrected chi connectivity index (χ1v) is 10.1. The van der Waals surface area contributed by atoms with Crippen molar-refractivity contribution in [2.75, 3.05) is 26.6 Å². The van der Waals surface area contributed by atoms with Gasteiger partial charge in [-0.2, -0.15) is 0 Å². The molecule has 142 valence electrons. The molecule has 3 rings (SSSR count). The van der Waals surface area contributed by atoms with E-state index in [0.29, 0.717) is 22.0 Å². The zero-order valence-corrected chi connectivity index (χ0v) is 16.5. The number of methoxy groups -OCH3 is 1. The summed E-state index contributed by atoms with van der Waals surface area (Å²) in [7, 11) is 0.945. The fourth-order valence-electron chi connectivity index (χ4n) is 2.31. The highest BCUT2D eigenvalue weighted by atomic mass is 32.2. The normalized spacial score (nSPS) is 11.6. The molecule has 0 aliphatic heterocycles. The highest BCUT2D eigenvalue weighted by Crippen LogP contribution is 2.31. The first-order chi connectivity index (χ1) is 12.8. The number of thiazole rings is 1. The first-order valence-electron chi connectivity index (χ1n) is 7.85. The average Bonchev–Trinajstić information content (AvgIpc) is 3.09. The summed E-state index contributed by atoms with van der Waals surface area (Å²) >= 11 is 1.37. The van der Waals surface area contributed by atoms with Gasteiger partial charge in [-0.3, -0.25) is 15.6 Å². The van der Waals surface area contributed by atoms with Gasteiger partial charge in [0.25, 0.3) is 5.91 Å². The Morgan fingerprint density at radius 3 is 2.48 bits per heavy atom. The number of nitrogens with zero attached hydrogens (tertiary/aromatic N) is 2. The molecule has 0 radical (unpaired) electrons. The molecule has 0 atom stereocenters. The Morgan fingerprint density at radius 1 is 1.15 bits per heavy atom. The third-order valence-electron chi connectivity index (χ3n) is 3.78. The van der Waals surface area contributed by atoms with E-state index in [1.807, 2.05) is 18.2 Å². The van der Waals surface area contributed by atoms with Gasteiger partial charge in [-0.1, -0.05) is 17.4 Å². The van der Waals surface area contributed by atoms with E-state index in [9.17, 15) is 13.2 Å². The molecule has 0 bridgehead atoms. The van der Waals surface area contributed by atoms with Crippen LogP contribution in [0.25, 0.3) is 10.2 Å². The van der Waals surface area contributed by atoms with Crippen molar-refractivity contribution < 1.29 is 17.9 Å². The van der Waals surface area contributed by atoms with Gasteiger partial charge in [-0.15, -0.1) is 0 Å². The second-order valence-electron chi connectivity index (χ2n) is 5.72. The molecule has 0 aliphatic rings. The quantitative estimate of drug-likeness (QED) is 0.610. The van der Waals surface area contributed by atoms with Crippen LogP contribution < -0.4 is 15.6 Å². The number of nitrogens with one attached hydrogen (secondary N) is 2. The lowest BCUT2D eigenvalue weighted by molar-refractivity contribution is 0.0962. The molecule has 2 N–H and O–H groups in total. The average molecular weight is 406 g/mol. The third-order valence-corrected chi connectivity index (χ3v) is 6.55. The van der Waals surface area contributed by atoms with E-state index < -0.39 is 15.9 Å². The number of anilines is 1. The first kappa shape index (κ1) is 19.1. The van der Waals surface area contributed by atoms with Crippen LogP contribution in [-0.2, 0) is 10.0 Å². The minimum atomic E-state index is -3.53. The third kappa shape index (κ3) is 3.87. The van der Waals surface area contributed by atoms with Crippen LogP contribution in [0.2, 0.25) is 0 Å². The molecule has 1 aromatic heterocycles. The standard InChI is InChI=1S/C17H18N4O4S2/c1-21(2)27(23,24)12-9-7-11(8-10-12)16(22)19-20-17-18-15-13(25-3)5-4-6-14(15)26-17/h4-10H,1-3H3,(H,18,20)(H,19,22). The monoisotopic (exact) mass is 406 g/mol. The van der Waals surface area contributed by atoms with Crippen LogP contribution in [0.1, 0.15) is 10.4 Å². The van der Waals surface area contributed by atoms with Crippen LogP contribution >= 0.6 is 11.3 Å². The number of carbonyl (C=O) groups excluding carboxylic acids is 1. The largest absolute Gasteiger partial charge is 0.494 e. The topological polar surface area (TPSA) is 101 Å². The fourth-order valence-corrected chi connectivity index (χ4v) is 4.05. The maximum absolute atomic E-state index is 12.3. The molecule has 0 saturated heterocycles. The van der Waals surface area contributed by atoms with E-state index in [1.54, 1.807) is 7.11 Å². The maximum atomic E-state index is 12.3. The van der Waals surface area contributed by atoms with E-state index in [-0.39, 0.29) is 4.90 Å². The Morgan fingerprint density at radius 2 is 1.85 bits per heavy atom. The minimum Gasteiger partial charge on any atom is -0.494 e. The number of rotatable bonds is 6. The van der Waals surface area contributed by atoms with Gasteiger partial charge in [-0.05, 0) is 36.4 Å². The van der Waals surface area contributed by atoms with Crippen LogP contribution in [0.4, 0.5) is 5.13 Å². The van der Waals surface area contributed by atoms with Crippen LogP contribution in [0, 0.1) is 0 Å². The van der Waals surface area contributed by atoms with Gasteiger partial charge in [0.2, 0.25) is 15.2 Å². The molecule has 0 aliphatic carbocycles. The number of benzene rings is 2. The number of carbonyl (C=O) groups is 1. The van der Waals surface area contributed by atoms with Crippen molar-refractivity contribution in [2.24, 2.45) is 0 Å². The van der Waals surface area contributed by atoms with Gasteiger partial charge >= 0.3 is 0 Å². The summed E-state index contributed by atoms with van der Waals surface area (Å²) in [6.45, 7) is 0. The van der Waals surface area contributed by atoms with Crippen molar-refractivity contribution in [3.05, 3.63) is 48.0 Å². The smallest absolute Gasteiger partial charge is 0.269 e. The summed E-state index contributed by atoms with van der Waals surface area (Å²) in [5.41, 5.74) is 6.35. The SMILES string of the molecule is COc1cccc2sc(NNC(=O)c3ccc(S(=O)(=O)N(C)C)cc3)nc12. The Bertz CT molecular complexity index is 1080. The van der Waals surface area contributed by atoms with Gasteiger partial charge < -0.3 is 4.74 Å². The molecule has 8 nitrogen and oxygen atoms in total. The molecule has 1 heterocycles. The van der Waals surface area contributed by atoms with Crippen LogP contribution in [-0.4, -0.2) is 44.8 Å². The molecular weight excluding hydrogens is 388 g/mol. The molecule has 0 fully saturated rings. The summed E-state index contributed by atoms with van der Waals surface area (Å²) in [5, 5.41) is 0.509. The highest BCUT2D eigenvalue weighted by Gasteiger charge is 2.17. The zero-order chi connectivity index (χ0) is 19.6. The van der Waals surface area contributed by atoms with Gasteiger partial charge in [0, 0.05) is 19.7 Å². The number of fused-ring (bicyclic) bond motifs is 1. The number of hydrogen-bond acceptors (Lipinski definition) is 7. The van der Waals surface area contributed by atoms with Crippen LogP contribution in [0.5, 0.6) is 5.75 Å². The van der Waals surface area contributed by atoms with Gasteiger partial charge in [-0.25, -0.2) is 17.7 Å². The van der Waals surface area contributed by atoms with E-state index in [0.717, 1.165) is 9.01 Å². The van der Waals surface area contributed by atoms with Crippen molar-refractivity contribution >= 4 is 42.6 Å². The summed E-state index contributed by atoms with van der Waals surface area (Å²) in [6.07, 6.45) is 0. The van der Waals surface area contributed by atoms with E-state index in [2.05, 4.69) is 15.8 Å². The molecule has 0 spiro atoms. The van der Waals surface area contributed by atoms with Crippen molar-refractivity contribution in [3.8, 4) is 5.75 Å². The Balaban J connectivity index is 1.71. The number of amides is 1. The van der Waals surface area contributed by atoms with Crippen molar-refractivity contribution in [1.29, 1.82) is 0 Å². The lowest BCUT2D eigenvalue weighted by Crippen LogP contribution is -2.29.